The van der Waals surface area contributed by atoms with Gasteiger partial charge in [0.2, 0.25) is 0 Å². The van der Waals surface area contributed by atoms with Crippen LogP contribution in [0.3, 0.4) is 0 Å². The van der Waals surface area contributed by atoms with Gasteiger partial charge < -0.3 is 10.5 Å². The van der Waals surface area contributed by atoms with E-state index in [1.54, 1.807) is 0 Å². The van der Waals surface area contributed by atoms with Gasteiger partial charge in [0.25, 0.3) is 0 Å². The summed E-state index contributed by atoms with van der Waals surface area (Å²) in [6.45, 7) is 5.31. The van der Waals surface area contributed by atoms with Crippen LogP contribution >= 0.6 is 0 Å². The third kappa shape index (κ3) is 2.51. The number of hydrogen-bond acceptors (Lipinski definition) is 3. The molecule has 1 fully saturated rings. The summed E-state index contributed by atoms with van der Waals surface area (Å²) in [5, 5.41) is 0.350. The van der Waals surface area contributed by atoms with Gasteiger partial charge in [-0.2, -0.15) is 0 Å². The number of nitrogens with two attached hydrogens (primary N) is 1. The largest absolute Gasteiger partial charge is 0.377 e. The first-order valence-corrected chi connectivity index (χ1v) is 6.19. The minimum atomic E-state index is -0.813. The van der Waals surface area contributed by atoms with Crippen molar-refractivity contribution in [2.75, 3.05) is 13.2 Å². The fraction of sp³-hybridized carbons (Fsp3) is 1.00. The lowest BCUT2D eigenvalue weighted by molar-refractivity contribution is 0.126. The molecule has 0 aromatic rings. The molecule has 0 aliphatic carbocycles. The van der Waals surface area contributed by atoms with Gasteiger partial charge in [-0.1, -0.05) is 6.92 Å². The van der Waals surface area contributed by atoms with Crippen LogP contribution in [0.4, 0.5) is 0 Å². The molecule has 1 aliphatic rings. The van der Waals surface area contributed by atoms with Gasteiger partial charge in [0.15, 0.2) is 0 Å². The molecule has 4 heteroatoms. The Bertz CT molecular complexity index is 182. The fourth-order valence-electron chi connectivity index (χ4n) is 1.69. The third-order valence-electron chi connectivity index (χ3n) is 2.65. The van der Waals surface area contributed by atoms with E-state index in [1.165, 1.54) is 0 Å². The molecule has 1 rings (SSSR count). The summed E-state index contributed by atoms with van der Waals surface area (Å²) in [6, 6.07) is 0. The van der Waals surface area contributed by atoms with Crippen LogP contribution in [-0.4, -0.2) is 34.0 Å². The Morgan fingerprint density at radius 3 is 2.77 bits per heavy atom. The van der Waals surface area contributed by atoms with Gasteiger partial charge in [-0.3, -0.25) is 4.21 Å². The van der Waals surface area contributed by atoms with Gasteiger partial charge >= 0.3 is 0 Å². The molecule has 3 nitrogen and oxygen atoms in total. The molecular formula is C9H19NO2S. The smallest absolute Gasteiger partial charge is 0.0691 e. The van der Waals surface area contributed by atoms with Crippen LogP contribution in [-0.2, 0) is 15.5 Å². The summed E-state index contributed by atoms with van der Waals surface area (Å²) in [6.07, 6.45) is 1.96. The Kier molecular flexibility index (Phi) is 4.35. The first-order chi connectivity index (χ1) is 6.20. The molecule has 0 saturated carbocycles. The Morgan fingerprint density at radius 2 is 2.38 bits per heavy atom. The van der Waals surface area contributed by atoms with Crippen molar-refractivity contribution in [1.29, 1.82) is 0 Å². The van der Waals surface area contributed by atoms with Crippen molar-refractivity contribution in [2.24, 2.45) is 5.73 Å². The van der Waals surface area contributed by atoms with Crippen LogP contribution in [0, 0.1) is 0 Å². The zero-order valence-electron chi connectivity index (χ0n) is 8.36. The monoisotopic (exact) mass is 205 g/mol. The predicted octanol–water partition coefficient (Wildman–Crippen LogP) is 0.650. The van der Waals surface area contributed by atoms with Crippen molar-refractivity contribution < 1.29 is 8.95 Å². The van der Waals surface area contributed by atoms with E-state index >= 15 is 0 Å². The minimum absolute atomic E-state index is 0.140. The van der Waals surface area contributed by atoms with Crippen molar-refractivity contribution in [3.8, 4) is 0 Å². The molecule has 1 heterocycles. The molecule has 4 unspecified atom stereocenters. The van der Waals surface area contributed by atoms with Gasteiger partial charge in [-0.25, -0.2) is 0 Å². The van der Waals surface area contributed by atoms with E-state index in [4.69, 9.17) is 10.5 Å². The van der Waals surface area contributed by atoms with E-state index in [-0.39, 0.29) is 16.6 Å². The van der Waals surface area contributed by atoms with Crippen LogP contribution in [0.15, 0.2) is 0 Å². The first-order valence-electron chi connectivity index (χ1n) is 4.91. The molecular weight excluding hydrogens is 186 g/mol. The van der Waals surface area contributed by atoms with Gasteiger partial charge in [0.1, 0.15) is 0 Å². The summed E-state index contributed by atoms with van der Waals surface area (Å²) in [5.41, 5.74) is 5.56. The topological polar surface area (TPSA) is 52.3 Å². The molecule has 0 aromatic carbocycles. The molecule has 78 valence electrons. The van der Waals surface area contributed by atoms with E-state index in [2.05, 4.69) is 0 Å². The summed E-state index contributed by atoms with van der Waals surface area (Å²) >= 11 is 0. The molecule has 0 spiro atoms. The van der Waals surface area contributed by atoms with Gasteiger partial charge in [-0.05, 0) is 19.8 Å². The van der Waals surface area contributed by atoms with Crippen molar-refractivity contribution in [1.82, 2.24) is 0 Å². The average molecular weight is 205 g/mol. The lowest BCUT2D eigenvalue weighted by Crippen LogP contribution is -2.34. The van der Waals surface area contributed by atoms with Crippen LogP contribution in [0.2, 0.25) is 0 Å². The molecule has 4 atom stereocenters. The van der Waals surface area contributed by atoms with Crippen LogP contribution in [0.25, 0.3) is 0 Å². The number of hydrogen-bond donors (Lipinski definition) is 1. The fourth-order valence-corrected chi connectivity index (χ4v) is 3.49. The van der Waals surface area contributed by atoms with Crippen molar-refractivity contribution >= 4 is 10.8 Å². The lowest BCUT2D eigenvalue weighted by Gasteiger charge is -2.19. The third-order valence-corrected chi connectivity index (χ3v) is 5.05. The van der Waals surface area contributed by atoms with Crippen molar-refractivity contribution in [3.63, 3.8) is 0 Å². The zero-order chi connectivity index (χ0) is 9.84. The quantitative estimate of drug-likeness (QED) is 0.733. The second-order valence-corrected chi connectivity index (χ2v) is 5.43. The van der Waals surface area contributed by atoms with Gasteiger partial charge in [0, 0.05) is 29.2 Å². The van der Waals surface area contributed by atoms with E-state index in [9.17, 15) is 4.21 Å². The van der Waals surface area contributed by atoms with E-state index in [1.807, 2.05) is 13.8 Å². The van der Waals surface area contributed by atoms with Gasteiger partial charge in [-0.15, -0.1) is 0 Å². The number of ether oxygens (including phenoxy) is 1. The van der Waals surface area contributed by atoms with E-state index in [0.717, 1.165) is 19.4 Å². The maximum Gasteiger partial charge on any atom is 0.0691 e. The SMILES string of the molecule is CCC(CN)S(=O)C1CCOC1C. The summed E-state index contributed by atoms with van der Waals surface area (Å²) in [5.74, 6) is 0. The summed E-state index contributed by atoms with van der Waals surface area (Å²) in [7, 11) is -0.813. The van der Waals surface area contributed by atoms with E-state index in [0.29, 0.717) is 6.54 Å². The van der Waals surface area contributed by atoms with Crippen LogP contribution < -0.4 is 5.73 Å². The molecule has 0 amide bonds. The molecule has 0 radical (unpaired) electrons. The molecule has 2 N–H and O–H groups in total. The Hall–Kier alpha value is 0.0700. The van der Waals surface area contributed by atoms with E-state index < -0.39 is 10.8 Å². The van der Waals surface area contributed by atoms with Crippen molar-refractivity contribution in [2.45, 2.75) is 43.3 Å². The van der Waals surface area contributed by atoms with Gasteiger partial charge in [0.05, 0.1) is 11.4 Å². The molecule has 13 heavy (non-hydrogen) atoms. The molecule has 0 bridgehead atoms. The zero-order valence-corrected chi connectivity index (χ0v) is 9.18. The standard InChI is InChI=1S/C9H19NO2S/c1-3-8(6-10)13(11)9-4-5-12-7(9)2/h7-9H,3-6,10H2,1-2H3. The van der Waals surface area contributed by atoms with Crippen molar-refractivity contribution in [3.05, 3.63) is 0 Å². The summed E-state index contributed by atoms with van der Waals surface area (Å²) < 4.78 is 17.4. The summed E-state index contributed by atoms with van der Waals surface area (Å²) in [4.78, 5) is 0. The molecule has 1 saturated heterocycles. The lowest BCUT2D eigenvalue weighted by atomic mass is 10.2. The maximum atomic E-state index is 12.0. The Labute approximate surface area is 82.5 Å². The highest BCUT2D eigenvalue weighted by Gasteiger charge is 2.32. The second kappa shape index (κ2) is 5.08. The van der Waals surface area contributed by atoms with Crippen LogP contribution in [0.1, 0.15) is 26.7 Å². The Balaban J connectivity index is 2.54. The maximum absolute atomic E-state index is 12.0. The molecule has 1 aliphatic heterocycles. The highest BCUT2D eigenvalue weighted by molar-refractivity contribution is 7.86. The minimum Gasteiger partial charge on any atom is -0.377 e. The molecule has 0 aromatic heterocycles. The predicted molar refractivity (Wildman–Crippen MR) is 55.1 cm³/mol. The average Bonchev–Trinajstić information content (AvgIpc) is 2.53. The Morgan fingerprint density at radius 1 is 1.69 bits per heavy atom. The number of rotatable bonds is 4. The second-order valence-electron chi connectivity index (χ2n) is 3.50. The normalized spacial score (nSPS) is 33.2. The highest BCUT2D eigenvalue weighted by Crippen LogP contribution is 2.21. The highest BCUT2D eigenvalue weighted by atomic mass is 32.2. The van der Waals surface area contributed by atoms with Crippen LogP contribution in [0.5, 0.6) is 0 Å². The first kappa shape index (κ1) is 11.1.